The van der Waals surface area contributed by atoms with Gasteiger partial charge in [-0.25, -0.2) is 0 Å². The molecule has 0 bridgehead atoms. The lowest BCUT2D eigenvalue weighted by molar-refractivity contribution is 0.332. The molecule has 0 amide bonds. The molecule has 0 spiro atoms. The first-order valence-electron chi connectivity index (χ1n) is 8.98. The average Bonchev–Trinajstić information content (AvgIpc) is 3.02. The van der Waals surface area contributed by atoms with Gasteiger partial charge in [-0.1, -0.05) is 12.1 Å². The zero-order chi connectivity index (χ0) is 16.4. The highest BCUT2D eigenvalue weighted by Gasteiger charge is 2.25. The predicted octanol–water partition coefficient (Wildman–Crippen LogP) is 2.05. The van der Waals surface area contributed by atoms with Gasteiger partial charge in [-0.3, -0.25) is 4.68 Å². The minimum absolute atomic E-state index is 0.558. The van der Waals surface area contributed by atoms with Crippen molar-refractivity contribution in [2.75, 3.05) is 26.7 Å². The molecule has 0 saturated carbocycles. The van der Waals surface area contributed by atoms with Crippen molar-refractivity contribution in [3.8, 4) is 5.75 Å². The second-order valence-corrected chi connectivity index (χ2v) is 6.75. The van der Waals surface area contributed by atoms with Crippen LogP contribution in [0.5, 0.6) is 5.75 Å². The molecule has 5 heteroatoms. The number of rotatable bonds is 4. The van der Waals surface area contributed by atoms with Crippen LogP contribution >= 0.6 is 0 Å². The topological polar surface area (TPSA) is 51.1 Å². The zero-order valence-electron chi connectivity index (χ0n) is 14.3. The van der Waals surface area contributed by atoms with Crippen molar-refractivity contribution in [3.63, 3.8) is 0 Å². The normalized spacial score (nSPS) is 18.4. The van der Waals surface area contributed by atoms with Gasteiger partial charge in [0.1, 0.15) is 5.75 Å². The molecule has 5 nitrogen and oxygen atoms in total. The third kappa shape index (κ3) is 3.06. The Kier molecular flexibility index (Phi) is 4.54. The Labute approximate surface area is 143 Å². The van der Waals surface area contributed by atoms with Gasteiger partial charge in [0.2, 0.25) is 0 Å². The number of hydrogen-bond donors (Lipinski definition) is 2. The quantitative estimate of drug-likeness (QED) is 0.903. The summed E-state index contributed by atoms with van der Waals surface area (Å²) >= 11 is 0. The van der Waals surface area contributed by atoms with Gasteiger partial charge >= 0.3 is 0 Å². The minimum Gasteiger partial charge on any atom is -0.497 e. The van der Waals surface area contributed by atoms with Gasteiger partial charge in [0.05, 0.1) is 18.8 Å². The molecule has 2 aliphatic rings. The molecular weight excluding hydrogens is 300 g/mol. The summed E-state index contributed by atoms with van der Waals surface area (Å²) in [4.78, 5) is 0. The standard InChI is InChI=1S/C19H26N4O/c1-24-16-4-2-14(3-5-16)12-18-17-13-21-11-8-19(17)23(22-18)15-6-9-20-10-7-15/h2-5,15,20-21H,6-13H2,1H3. The van der Waals surface area contributed by atoms with Crippen LogP contribution in [0.1, 0.15) is 41.4 Å². The zero-order valence-corrected chi connectivity index (χ0v) is 14.3. The van der Waals surface area contributed by atoms with Crippen LogP contribution in [0.4, 0.5) is 0 Å². The van der Waals surface area contributed by atoms with Crippen LogP contribution in [-0.4, -0.2) is 36.5 Å². The van der Waals surface area contributed by atoms with Crippen LogP contribution in [0.25, 0.3) is 0 Å². The third-order valence-electron chi connectivity index (χ3n) is 5.23. The van der Waals surface area contributed by atoms with E-state index in [1.54, 1.807) is 7.11 Å². The predicted molar refractivity (Wildman–Crippen MR) is 94.6 cm³/mol. The summed E-state index contributed by atoms with van der Waals surface area (Å²) in [7, 11) is 1.71. The number of nitrogens with zero attached hydrogens (tertiary/aromatic N) is 2. The molecule has 0 unspecified atom stereocenters. The lowest BCUT2D eigenvalue weighted by Crippen LogP contribution is -2.32. The van der Waals surface area contributed by atoms with Crippen LogP contribution < -0.4 is 15.4 Å². The van der Waals surface area contributed by atoms with E-state index < -0.39 is 0 Å². The van der Waals surface area contributed by atoms with E-state index >= 15 is 0 Å². The van der Waals surface area contributed by atoms with Gasteiger partial charge < -0.3 is 15.4 Å². The van der Waals surface area contributed by atoms with Gasteiger partial charge in [-0.2, -0.15) is 5.10 Å². The van der Waals surface area contributed by atoms with E-state index in [2.05, 4.69) is 27.4 Å². The molecular formula is C19H26N4O. The van der Waals surface area contributed by atoms with Gasteiger partial charge in [-0.15, -0.1) is 0 Å². The summed E-state index contributed by atoms with van der Waals surface area (Å²) in [5.74, 6) is 0.905. The summed E-state index contributed by atoms with van der Waals surface area (Å²) in [5, 5.41) is 12.0. The Hall–Kier alpha value is -1.85. The lowest BCUT2D eigenvalue weighted by atomic mass is 10.0. The minimum atomic E-state index is 0.558. The Bertz CT molecular complexity index is 686. The molecule has 3 heterocycles. The number of aromatic nitrogens is 2. The maximum absolute atomic E-state index is 5.26. The number of fused-ring (bicyclic) bond motifs is 1. The largest absolute Gasteiger partial charge is 0.497 e. The maximum atomic E-state index is 5.26. The van der Waals surface area contributed by atoms with E-state index in [1.165, 1.54) is 35.4 Å². The Morgan fingerprint density at radius 3 is 2.67 bits per heavy atom. The number of benzene rings is 1. The summed E-state index contributed by atoms with van der Waals surface area (Å²) < 4.78 is 7.61. The van der Waals surface area contributed by atoms with Gasteiger partial charge in [0.25, 0.3) is 0 Å². The fourth-order valence-corrected chi connectivity index (χ4v) is 3.88. The molecule has 0 atom stereocenters. The smallest absolute Gasteiger partial charge is 0.118 e. The Morgan fingerprint density at radius 1 is 1.12 bits per heavy atom. The van der Waals surface area contributed by atoms with Gasteiger partial charge in [-0.05, 0) is 43.6 Å². The highest BCUT2D eigenvalue weighted by molar-refractivity contribution is 5.35. The molecule has 2 aliphatic heterocycles. The fraction of sp³-hybridized carbons (Fsp3) is 0.526. The summed E-state index contributed by atoms with van der Waals surface area (Å²) in [6.45, 7) is 4.22. The van der Waals surface area contributed by atoms with E-state index in [9.17, 15) is 0 Å². The van der Waals surface area contributed by atoms with E-state index in [0.717, 1.165) is 44.8 Å². The van der Waals surface area contributed by atoms with E-state index in [4.69, 9.17) is 9.84 Å². The van der Waals surface area contributed by atoms with Crippen LogP contribution in [-0.2, 0) is 19.4 Å². The number of nitrogens with one attached hydrogen (secondary N) is 2. The molecule has 4 rings (SSSR count). The van der Waals surface area contributed by atoms with Crippen molar-refractivity contribution in [3.05, 3.63) is 46.8 Å². The Morgan fingerprint density at radius 2 is 1.92 bits per heavy atom. The second-order valence-electron chi connectivity index (χ2n) is 6.75. The molecule has 2 aromatic rings. The van der Waals surface area contributed by atoms with Gasteiger partial charge in [0, 0.05) is 37.2 Å². The van der Waals surface area contributed by atoms with Crippen LogP contribution in [0.15, 0.2) is 24.3 Å². The molecule has 1 saturated heterocycles. The molecule has 0 aliphatic carbocycles. The first-order valence-corrected chi connectivity index (χ1v) is 8.98. The molecule has 0 radical (unpaired) electrons. The maximum Gasteiger partial charge on any atom is 0.118 e. The highest BCUT2D eigenvalue weighted by atomic mass is 16.5. The highest BCUT2D eigenvalue weighted by Crippen LogP contribution is 2.27. The van der Waals surface area contributed by atoms with Crippen LogP contribution in [0.2, 0.25) is 0 Å². The Balaban J connectivity index is 1.63. The van der Waals surface area contributed by atoms with E-state index in [0.29, 0.717) is 6.04 Å². The summed E-state index contributed by atoms with van der Waals surface area (Å²) in [6.07, 6.45) is 4.36. The van der Waals surface area contributed by atoms with Crippen LogP contribution in [0, 0.1) is 0 Å². The number of hydrogen-bond acceptors (Lipinski definition) is 4. The van der Waals surface area contributed by atoms with Crippen molar-refractivity contribution >= 4 is 0 Å². The number of ether oxygens (including phenoxy) is 1. The van der Waals surface area contributed by atoms with Crippen molar-refractivity contribution in [1.82, 2.24) is 20.4 Å². The summed E-state index contributed by atoms with van der Waals surface area (Å²) in [5.41, 5.74) is 5.42. The molecule has 24 heavy (non-hydrogen) atoms. The number of piperidine rings is 1. The van der Waals surface area contributed by atoms with Crippen LogP contribution in [0.3, 0.4) is 0 Å². The molecule has 1 aromatic carbocycles. The molecule has 2 N–H and O–H groups in total. The monoisotopic (exact) mass is 326 g/mol. The molecule has 128 valence electrons. The second kappa shape index (κ2) is 6.95. The average molecular weight is 326 g/mol. The number of methoxy groups -OCH3 is 1. The summed E-state index contributed by atoms with van der Waals surface area (Å²) in [6, 6.07) is 8.91. The van der Waals surface area contributed by atoms with Crippen molar-refractivity contribution in [2.45, 2.75) is 38.3 Å². The van der Waals surface area contributed by atoms with E-state index in [-0.39, 0.29) is 0 Å². The fourth-order valence-electron chi connectivity index (χ4n) is 3.88. The van der Waals surface area contributed by atoms with Gasteiger partial charge in [0.15, 0.2) is 0 Å². The SMILES string of the molecule is COc1ccc(Cc2nn(C3CCNCC3)c3c2CNCC3)cc1. The van der Waals surface area contributed by atoms with Crippen molar-refractivity contribution in [2.24, 2.45) is 0 Å². The first kappa shape index (κ1) is 15.7. The molecule has 1 aromatic heterocycles. The van der Waals surface area contributed by atoms with Crippen molar-refractivity contribution in [1.29, 1.82) is 0 Å². The van der Waals surface area contributed by atoms with Crippen molar-refractivity contribution < 1.29 is 4.74 Å². The first-order chi connectivity index (χ1) is 11.8. The third-order valence-corrected chi connectivity index (χ3v) is 5.23. The van der Waals surface area contributed by atoms with E-state index in [1.807, 2.05) is 12.1 Å². The molecule has 1 fully saturated rings. The lowest BCUT2D eigenvalue weighted by Gasteiger charge is -2.26.